The molecule has 0 radical (unpaired) electrons. The molecule has 0 amide bonds. The van der Waals surface area contributed by atoms with Crippen LogP contribution in [0.4, 0.5) is 4.39 Å². The van der Waals surface area contributed by atoms with Crippen molar-refractivity contribution in [2.24, 2.45) is 0 Å². The minimum absolute atomic E-state index is 0.103. The van der Waals surface area contributed by atoms with E-state index in [2.05, 4.69) is 14.5 Å². The number of imidazole rings is 1. The zero-order valence-corrected chi connectivity index (χ0v) is 14.5. The van der Waals surface area contributed by atoms with E-state index < -0.39 is 5.82 Å². The summed E-state index contributed by atoms with van der Waals surface area (Å²) in [7, 11) is 0. The number of nitrogens with zero attached hydrogens (tertiary/aromatic N) is 4. The van der Waals surface area contributed by atoms with Crippen LogP contribution in [0.15, 0.2) is 48.8 Å². The predicted molar refractivity (Wildman–Crippen MR) is 99.5 cm³/mol. The highest BCUT2D eigenvalue weighted by Gasteiger charge is 2.23. The van der Waals surface area contributed by atoms with Gasteiger partial charge in [0.1, 0.15) is 11.6 Å². The van der Waals surface area contributed by atoms with Gasteiger partial charge in [-0.15, -0.1) is 0 Å². The van der Waals surface area contributed by atoms with Gasteiger partial charge in [-0.1, -0.05) is 17.7 Å². The molecule has 2 aromatic heterocycles. The number of aryl methyl sites for hydroxylation is 1. The molecule has 6 heteroatoms. The van der Waals surface area contributed by atoms with Gasteiger partial charge in [-0.2, -0.15) is 0 Å². The van der Waals surface area contributed by atoms with Crippen molar-refractivity contribution in [3.8, 4) is 22.5 Å². The molecule has 3 heterocycles. The van der Waals surface area contributed by atoms with Crippen LogP contribution in [-0.4, -0.2) is 19.5 Å². The van der Waals surface area contributed by atoms with Crippen molar-refractivity contribution in [2.75, 3.05) is 0 Å². The second-order valence-electron chi connectivity index (χ2n) is 6.37. The molecule has 0 saturated heterocycles. The number of hydrogen-bond donors (Lipinski definition) is 0. The smallest absolute Gasteiger partial charge is 0.141 e. The Bertz CT molecular complexity index is 1150. The van der Waals surface area contributed by atoms with E-state index in [-0.39, 0.29) is 5.02 Å². The van der Waals surface area contributed by atoms with Crippen LogP contribution < -0.4 is 0 Å². The Morgan fingerprint density at radius 3 is 2.62 bits per heavy atom. The fourth-order valence-corrected chi connectivity index (χ4v) is 3.75. The lowest BCUT2D eigenvalue weighted by Gasteiger charge is -2.10. The monoisotopic (exact) mass is 364 g/mol. The molecular weight excluding hydrogens is 351 g/mol. The molecule has 0 spiro atoms. The SMILES string of the molecule is Fc1ccc(-c2nc3n(c2-c2ccc4nccnc4c2)CCC3)cc1Cl. The third kappa shape index (κ3) is 2.39. The Balaban J connectivity index is 1.75. The molecule has 4 aromatic rings. The molecular formula is C20H14ClFN4. The first-order valence-electron chi connectivity index (χ1n) is 8.47. The Morgan fingerprint density at radius 1 is 0.962 bits per heavy atom. The normalized spacial score (nSPS) is 13.3. The third-order valence-electron chi connectivity index (χ3n) is 4.76. The van der Waals surface area contributed by atoms with Crippen molar-refractivity contribution < 1.29 is 4.39 Å². The van der Waals surface area contributed by atoms with Crippen molar-refractivity contribution in [2.45, 2.75) is 19.4 Å². The van der Waals surface area contributed by atoms with E-state index in [4.69, 9.17) is 16.6 Å². The van der Waals surface area contributed by atoms with Crippen molar-refractivity contribution in [3.05, 3.63) is 65.5 Å². The van der Waals surface area contributed by atoms with E-state index in [0.717, 1.165) is 58.8 Å². The van der Waals surface area contributed by atoms with Crippen LogP contribution in [0.1, 0.15) is 12.2 Å². The molecule has 0 N–H and O–H groups in total. The maximum atomic E-state index is 13.6. The predicted octanol–water partition coefficient (Wildman–Crippen LogP) is 4.90. The summed E-state index contributed by atoms with van der Waals surface area (Å²) >= 11 is 6.01. The molecule has 5 rings (SSSR count). The quantitative estimate of drug-likeness (QED) is 0.508. The van der Waals surface area contributed by atoms with E-state index >= 15 is 0 Å². The molecule has 1 aliphatic rings. The summed E-state index contributed by atoms with van der Waals surface area (Å²) in [4.78, 5) is 13.6. The van der Waals surface area contributed by atoms with Gasteiger partial charge in [0, 0.05) is 36.5 Å². The molecule has 128 valence electrons. The van der Waals surface area contributed by atoms with E-state index in [0.29, 0.717) is 0 Å². The lowest BCUT2D eigenvalue weighted by atomic mass is 10.0. The van der Waals surface area contributed by atoms with E-state index in [1.165, 1.54) is 6.07 Å². The fourth-order valence-electron chi connectivity index (χ4n) is 3.57. The first-order chi connectivity index (χ1) is 12.7. The summed E-state index contributed by atoms with van der Waals surface area (Å²) < 4.78 is 15.8. The average molecular weight is 365 g/mol. The van der Waals surface area contributed by atoms with Crippen LogP contribution in [-0.2, 0) is 13.0 Å². The number of halogens is 2. The summed E-state index contributed by atoms with van der Waals surface area (Å²) in [6.45, 7) is 0.922. The summed E-state index contributed by atoms with van der Waals surface area (Å²) in [5.41, 5.74) is 5.37. The molecule has 4 nitrogen and oxygen atoms in total. The van der Waals surface area contributed by atoms with Crippen LogP contribution in [0.25, 0.3) is 33.5 Å². The third-order valence-corrected chi connectivity index (χ3v) is 5.05. The van der Waals surface area contributed by atoms with Gasteiger partial charge in [-0.3, -0.25) is 9.97 Å². The van der Waals surface area contributed by atoms with Crippen LogP contribution in [0.5, 0.6) is 0 Å². The minimum Gasteiger partial charge on any atom is -0.327 e. The summed E-state index contributed by atoms with van der Waals surface area (Å²) in [5.74, 6) is 0.624. The highest BCUT2D eigenvalue weighted by Crippen LogP contribution is 2.37. The Kier molecular flexibility index (Phi) is 3.50. The molecule has 2 aromatic carbocycles. The first kappa shape index (κ1) is 15.5. The van der Waals surface area contributed by atoms with Gasteiger partial charge >= 0.3 is 0 Å². The highest BCUT2D eigenvalue weighted by molar-refractivity contribution is 6.31. The number of benzene rings is 2. The van der Waals surface area contributed by atoms with Gasteiger partial charge in [-0.05, 0) is 36.8 Å². The van der Waals surface area contributed by atoms with E-state index in [1.54, 1.807) is 24.5 Å². The van der Waals surface area contributed by atoms with Crippen molar-refractivity contribution in [1.29, 1.82) is 0 Å². The first-order valence-corrected chi connectivity index (χ1v) is 8.84. The molecule has 0 atom stereocenters. The molecule has 26 heavy (non-hydrogen) atoms. The molecule has 0 bridgehead atoms. The van der Waals surface area contributed by atoms with Gasteiger partial charge in [0.25, 0.3) is 0 Å². The molecule has 1 aliphatic heterocycles. The van der Waals surface area contributed by atoms with Crippen molar-refractivity contribution >= 4 is 22.6 Å². The van der Waals surface area contributed by atoms with Crippen molar-refractivity contribution in [1.82, 2.24) is 19.5 Å². The zero-order valence-electron chi connectivity index (χ0n) is 13.8. The Morgan fingerprint density at radius 2 is 1.77 bits per heavy atom. The van der Waals surface area contributed by atoms with Crippen LogP contribution in [0.3, 0.4) is 0 Å². The van der Waals surface area contributed by atoms with Gasteiger partial charge in [0.05, 0.1) is 27.4 Å². The second-order valence-corrected chi connectivity index (χ2v) is 6.78. The Labute approximate surface area is 154 Å². The fraction of sp³-hybridized carbons (Fsp3) is 0.150. The maximum Gasteiger partial charge on any atom is 0.141 e. The lowest BCUT2D eigenvalue weighted by molar-refractivity contribution is 0.628. The van der Waals surface area contributed by atoms with Gasteiger partial charge in [0.15, 0.2) is 0 Å². The second kappa shape index (κ2) is 5.88. The average Bonchev–Trinajstić information content (AvgIpc) is 3.24. The summed E-state index contributed by atoms with van der Waals surface area (Å²) in [6.07, 6.45) is 5.39. The van der Waals surface area contributed by atoms with Crippen molar-refractivity contribution in [3.63, 3.8) is 0 Å². The molecule has 0 unspecified atom stereocenters. The van der Waals surface area contributed by atoms with Crippen LogP contribution >= 0.6 is 11.6 Å². The molecule has 0 saturated carbocycles. The van der Waals surface area contributed by atoms with Crippen LogP contribution in [0, 0.1) is 5.82 Å². The van der Waals surface area contributed by atoms with Crippen LogP contribution in [0.2, 0.25) is 5.02 Å². The standard InChI is InChI=1S/C20H14ClFN4/c21-14-10-12(3-5-15(14)22)19-20(26-9-1-2-18(26)25-19)13-4-6-16-17(11-13)24-8-7-23-16/h3-8,10-11H,1-2,9H2. The lowest BCUT2D eigenvalue weighted by Crippen LogP contribution is -1.97. The topological polar surface area (TPSA) is 43.6 Å². The number of rotatable bonds is 2. The minimum atomic E-state index is -0.426. The highest BCUT2D eigenvalue weighted by atomic mass is 35.5. The van der Waals surface area contributed by atoms with Gasteiger partial charge in [0.2, 0.25) is 0 Å². The Hall–Kier alpha value is -2.79. The summed E-state index contributed by atoms with van der Waals surface area (Å²) in [6, 6.07) is 10.8. The van der Waals surface area contributed by atoms with E-state index in [1.807, 2.05) is 18.2 Å². The summed E-state index contributed by atoms with van der Waals surface area (Å²) in [5, 5.41) is 0.103. The number of hydrogen-bond acceptors (Lipinski definition) is 3. The van der Waals surface area contributed by atoms with E-state index in [9.17, 15) is 4.39 Å². The van der Waals surface area contributed by atoms with Gasteiger partial charge < -0.3 is 4.57 Å². The van der Waals surface area contributed by atoms with Gasteiger partial charge in [-0.25, -0.2) is 9.37 Å². The number of aromatic nitrogens is 4. The molecule has 0 aliphatic carbocycles. The maximum absolute atomic E-state index is 13.6. The number of fused-ring (bicyclic) bond motifs is 2. The largest absolute Gasteiger partial charge is 0.327 e. The molecule has 0 fully saturated rings. The zero-order chi connectivity index (χ0) is 17.7.